The molecule has 0 unspecified atom stereocenters. The maximum Gasteiger partial charge on any atom is 0.311 e. The zero-order valence-electron chi connectivity index (χ0n) is 7.84. The van der Waals surface area contributed by atoms with Gasteiger partial charge in [0.1, 0.15) is 0 Å². The van der Waals surface area contributed by atoms with Crippen molar-refractivity contribution in [3.05, 3.63) is 29.3 Å². The lowest BCUT2D eigenvalue weighted by atomic mass is 10.1. The van der Waals surface area contributed by atoms with Crippen molar-refractivity contribution in [2.75, 3.05) is 7.11 Å². The molecule has 0 radical (unpaired) electrons. The molecule has 3 nitrogen and oxygen atoms in total. The predicted octanol–water partition coefficient (Wildman–Crippen LogP) is 1.87. The van der Waals surface area contributed by atoms with Gasteiger partial charge in [-0.05, 0) is 12.1 Å². The Balaban J connectivity index is 3.02. The van der Waals surface area contributed by atoms with E-state index in [1.807, 2.05) is 0 Å². The number of hydrogen-bond donors (Lipinski definition) is 0. The number of ether oxygens (including phenoxy) is 1. The Morgan fingerprint density at radius 3 is 2.73 bits per heavy atom. The van der Waals surface area contributed by atoms with Crippen LogP contribution in [0.2, 0.25) is 0 Å². The van der Waals surface area contributed by atoms with E-state index in [1.54, 1.807) is 0 Å². The third-order valence-electron chi connectivity index (χ3n) is 1.75. The summed E-state index contributed by atoms with van der Waals surface area (Å²) in [6, 6.07) is 1.73. The van der Waals surface area contributed by atoms with Crippen molar-refractivity contribution in [3.63, 3.8) is 0 Å². The molecule has 0 amide bonds. The smallest absolute Gasteiger partial charge is 0.311 e. The quantitative estimate of drug-likeness (QED) is 0.575. The van der Waals surface area contributed by atoms with Crippen molar-refractivity contribution in [1.82, 2.24) is 4.98 Å². The number of aromatic nitrogens is 1. The van der Waals surface area contributed by atoms with Gasteiger partial charge in [-0.3, -0.25) is 4.79 Å². The summed E-state index contributed by atoms with van der Waals surface area (Å²) < 4.78 is 41.7. The lowest BCUT2D eigenvalue weighted by Crippen LogP contribution is -2.10. The highest BCUT2D eigenvalue weighted by atomic mass is 19.3. The number of nitrogens with zero attached hydrogens (tertiary/aromatic N) is 1. The molecule has 0 aliphatic heterocycles. The second-order valence-corrected chi connectivity index (χ2v) is 2.72. The Bertz CT molecular complexity index is 368. The molecule has 0 aromatic carbocycles. The molecule has 0 N–H and O–H groups in total. The third kappa shape index (κ3) is 2.93. The van der Waals surface area contributed by atoms with Crippen molar-refractivity contribution in [2.24, 2.45) is 0 Å². The first kappa shape index (κ1) is 11.5. The molecule has 0 spiro atoms. The van der Waals surface area contributed by atoms with E-state index in [9.17, 15) is 18.0 Å². The van der Waals surface area contributed by atoms with Crippen LogP contribution in [-0.2, 0) is 16.0 Å². The molecule has 1 heterocycles. The van der Waals surface area contributed by atoms with E-state index >= 15 is 0 Å². The molecule has 1 aromatic rings. The van der Waals surface area contributed by atoms with E-state index in [4.69, 9.17) is 0 Å². The second-order valence-electron chi connectivity index (χ2n) is 2.72. The summed E-state index contributed by atoms with van der Waals surface area (Å²) in [5.41, 5.74) is -0.751. The zero-order valence-corrected chi connectivity index (χ0v) is 7.84. The van der Waals surface area contributed by atoms with Crippen molar-refractivity contribution >= 4 is 5.97 Å². The molecule has 82 valence electrons. The Morgan fingerprint density at radius 1 is 1.53 bits per heavy atom. The number of alkyl halides is 2. The van der Waals surface area contributed by atoms with Gasteiger partial charge in [-0.25, -0.2) is 13.8 Å². The Kier molecular flexibility index (Phi) is 3.65. The lowest BCUT2D eigenvalue weighted by Gasteiger charge is -2.06. The number of carbonyl (C=O) groups excluding carboxylic acids is 1. The summed E-state index contributed by atoms with van der Waals surface area (Å²) in [6.07, 6.45) is -3.26. The van der Waals surface area contributed by atoms with Gasteiger partial charge in [-0.15, -0.1) is 0 Å². The molecule has 0 fully saturated rings. The fourth-order valence-electron chi connectivity index (χ4n) is 1.03. The van der Waals surface area contributed by atoms with Crippen LogP contribution in [0.3, 0.4) is 0 Å². The minimum atomic E-state index is -2.79. The Morgan fingerprint density at radius 2 is 2.20 bits per heavy atom. The van der Waals surface area contributed by atoms with E-state index in [0.717, 1.165) is 19.2 Å². The van der Waals surface area contributed by atoms with Crippen LogP contribution >= 0.6 is 0 Å². The van der Waals surface area contributed by atoms with Gasteiger partial charge in [0.05, 0.1) is 19.2 Å². The highest BCUT2D eigenvalue weighted by Gasteiger charge is 2.17. The average molecular weight is 219 g/mol. The number of methoxy groups -OCH3 is 1. The first-order chi connectivity index (χ1) is 7.04. The van der Waals surface area contributed by atoms with Gasteiger partial charge in [0, 0.05) is 5.56 Å². The molecule has 0 saturated heterocycles. The number of esters is 1. The van der Waals surface area contributed by atoms with Gasteiger partial charge in [-0.2, -0.15) is 4.39 Å². The maximum atomic E-state index is 12.7. The van der Waals surface area contributed by atoms with Crippen LogP contribution in [0.4, 0.5) is 13.2 Å². The molecule has 6 heteroatoms. The topological polar surface area (TPSA) is 39.2 Å². The van der Waals surface area contributed by atoms with Crippen LogP contribution in [0.1, 0.15) is 17.7 Å². The molecular weight excluding hydrogens is 211 g/mol. The first-order valence-electron chi connectivity index (χ1n) is 4.05. The fourth-order valence-corrected chi connectivity index (χ4v) is 1.03. The largest absolute Gasteiger partial charge is 0.469 e. The summed E-state index contributed by atoms with van der Waals surface area (Å²) in [6.45, 7) is 0. The predicted molar refractivity (Wildman–Crippen MR) is 44.9 cm³/mol. The summed E-state index contributed by atoms with van der Waals surface area (Å²) >= 11 is 0. The number of pyridine rings is 1. The van der Waals surface area contributed by atoms with Crippen LogP contribution in [0.5, 0.6) is 0 Å². The number of halogens is 3. The fraction of sp³-hybridized carbons (Fsp3) is 0.333. The van der Waals surface area contributed by atoms with E-state index in [2.05, 4.69) is 9.72 Å². The van der Waals surface area contributed by atoms with Gasteiger partial charge >= 0.3 is 5.97 Å². The van der Waals surface area contributed by atoms with Gasteiger partial charge < -0.3 is 4.74 Å². The van der Waals surface area contributed by atoms with Gasteiger partial charge in [-0.1, -0.05) is 0 Å². The highest BCUT2D eigenvalue weighted by Crippen LogP contribution is 2.22. The zero-order chi connectivity index (χ0) is 11.4. The summed E-state index contributed by atoms with van der Waals surface area (Å²) in [5, 5.41) is 0. The number of hydrogen-bond acceptors (Lipinski definition) is 3. The highest BCUT2D eigenvalue weighted by molar-refractivity contribution is 5.72. The van der Waals surface area contributed by atoms with E-state index in [-0.39, 0.29) is 5.69 Å². The van der Waals surface area contributed by atoms with Crippen LogP contribution in [0.25, 0.3) is 0 Å². The van der Waals surface area contributed by atoms with E-state index in [0.29, 0.717) is 0 Å². The molecule has 15 heavy (non-hydrogen) atoms. The van der Waals surface area contributed by atoms with Crippen molar-refractivity contribution in [2.45, 2.75) is 12.8 Å². The van der Waals surface area contributed by atoms with Crippen molar-refractivity contribution < 1.29 is 22.7 Å². The normalized spacial score (nSPS) is 10.5. The minimum absolute atomic E-state index is 0.295. The SMILES string of the molecule is COC(=O)Cc1nc(F)ccc1C(F)F. The molecule has 0 atom stereocenters. The molecule has 1 rings (SSSR count). The number of carbonyl (C=O) groups is 1. The average Bonchev–Trinajstić information content (AvgIpc) is 2.17. The van der Waals surface area contributed by atoms with Crippen molar-refractivity contribution in [3.8, 4) is 0 Å². The van der Waals surface area contributed by atoms with Crippen LogP contribution < -0.4 is 0 Å². The Labute approximate surface area is 83.9 Å². The molecule has 0 bridgehead atoms. The van der Waals surface area contributed by atoms with Crippen LogP contribution in [-0.4, -0.2) is 18.1 Å². The standard InChI is InChI=1S/C9H8F3NO2/c1-15-8(14)4-6-5(9(11)12)2-3-7(10)13-6/h2-3,9H,4H2,1H3. The Hall–Kier alpha value is -1.59. The van der Waals surface area contributed by atoms with Gasteiger partial charge in [0.2, 0.25) is 5.95 Å². The summed E-state index contributed by atoms with van der Waals surface area (Å²) in [5.74, 6) is -1.65. The molecule has 0 saturated carbocycles. The third-order valence-corrected chi connectivity index (χ3v) is 1.75. The molecule has 0 aliphatic carbocycles. The monoisotopic (exact) mass is 219 g/mol. The van der Waals surface area contributed by atoms with E-state index in [1.165, 1.54) is 0 Å². The first-order valence-corrected chi connectivity index (χ1v) is 4.05. The van der Waals surface area contributed by atoms with Gasteiger partial charge in [0.25, 0.3) is 6.43 Å². The van der Waals surface area contributed by atoms with Crippen LogP contribution in [0.15, 0.2) is 12.1 Å². The number of rotatable bonds is 3. The second kappa shape index (κ2) is 4.77. The maximum absolute atomic E-state index is 12.7. The lowest BCUT2D eigenvalue weighted by molar-refractivity contribution is -0.139. The summed E-state index contributed by atoms with van der Waals surface area (Å²) in [7, 11) is 1.11. The molecule has 0 aliphatic rings. The molecular formula is C9H8F3NO2. The van der Waals surface area contributed by atoms with E-state index < -0.39 is 30.3 Å². The molecule has 1 aromatic heterocycles. The van der Waals surface area contributed by atoms with Crippen molar-refractivity contribution in [1.29, 1.82) is 0 Å². The van der Waals surface area contributed by atoms with Crippen LogP contribution in [0, 0.1) is 5.95 Å². The van der Waals surface area contributed by atoms with Gasteiger partial charge in [0.15, 0.2) is 0 Å². The minimum Gasteiger partial charge on any atom is -0.469 e. The summed E-state index contributed by atoms with van der Waals surface area (Å²) in [4.78, 5) is 14.1.